The van der Waals surface area contributed by atoms with Crippen molar-refractivity contribution in [1.29, 1.82) is 0 Å². The lowest BCUT2D eigenvalue weighted by atomic mass is 9.62. The van der Waals surface area contributed by atoms with Crippen LogP contribution in [-0.2, 0) is 6.42 Å². The lowest BCUT2D eigenvalue weighted by molar-refractivity contribution is 0.0379. The number of aliphatic hydroxyl groups excluding tert-OH is 1. The van der Waals surface area contributed by atoms with Gasteiger partial charge in [0.2, 0.25) is 0 Å². The van der Waals surface area contributed by atoms with E-state index in [9.17, 15) is 10.2 Å². The van der Waals surface area contributed by atoms with E-state index < -0.39 is 0 Å². The van der Waals surface area contributed by atoms with E-state index in [1.54, 1.807) is 5.57 Å². The van der Waals surface area contributed by atoms with Crippen LogP contribution in [0.25, 0.3) is 5.57 Å². The van der Waals surface area contributed by atoms with Gasteiger partial charge in [0, 0.05) is 5.41 Å². The number of aromatic hydroxyl groups is 1. The largest absolute Gasteiger partial charge is 0.508 e. The number of rotatable bonds is 0. The average molecular weight is 270 g/mol. The van der Waals surface area contributed by atoms with Crippen molar-refractivity contribution in [3.05, 3.63) is 34.9 Å². The molecule has 20 heavy (non-hydrogen) atoms. The molecule has 106 valence electrons. The monoisotopic (exact) mass is 270 g/mol. The van der Waals surface area contributed by atoms with Gasteiger partial charge < -0.3 is 10.2 Å². The van der Waals surface area contributed by atoms with Crippen molar-refractivity contribution in [3.63, 3.8) is 0 Å². The predicted molar refractivity (Wildman–Crippen MR) is 79.4 cm³/mol. The summed E-state index contributed by atoms with van der Waals surface area (Å²) in [5.41, 5.74) is 5.88. The maximum absolute atomic E-state index is 10.3. The van der Waals surface area contributed by atoms with E-state index in [0.29, 0.717) is 11.7 Å². The summed E-state index contributed by atoms with van der Waals surface area (Å²) >= 11 is 0. The fraction of sp³-hybridized carbons (Fsp3) is 0.556. The normalized spacial score (nSPS) is 35.5. The molecule has 3 aliphatic rings. The number of phenolic OH excluding ortho intramolecular Hbond substituents is 1. The Morgan fingerprint density at radius 1 is 1.15 bits per heavy atom. The van der Waals surface area contributed by atoms with Gasteiger partial charge >= 0.3 is 0 Å². The number of fused-ring (bicyclic) bond motifs is 4. The van der Waals surface area contributed by atoms with Gasteiger partial charge in [0.25, 0.3) is 0 Å². The Labute approximate surface area is 120 Å². The highest BCUT2D eigenvalue weighted by molar-refractivity contribution is 5.75. The van der Waals surface area contributed by atoms with Gasteiger partial charge in [-0.1, -0.05) is 18.6 Å². The second-order valence-electron chi connectivity index (χ2n) is 7.00. The molecule has 0 radical (unpaired) electrons. The summed E-state index contributed by atoms with van der Waals surface area (Å²) in [7, 11) is 0. The summed E-state index contributed by atoms with van der Waals surface area (Å²) in [6.07, 6.45) is 6.30. The average Bonchev–Trinajstić information content (AvgIpc) is 2.74. The molecule has 0 aliphatic heterocycles. The Hall–Kier alpha value is -1.28. The van der Waals surface area contributed by atoms with Crippen molar-refractivity contribution in [2.45, 2.75) is 51.6 Å². The van der Waals surface area contributed by atoms with Gasteiger partial charge in [-0.15, -0.1) is 0 Å². The Morgan fingerprint density at radius 3 is 2.85 bits per heavy atom. The Morgan fingerprint density at radius 2 is 2.00 bits per heavy atom. The molecule has 0 heterocycles. The van der Waals surface area contributed by atoms with Crippen LogP contribution in [0.4, 0.5) is 0 Å². The summed E-state index contributed by atoms with van der Waals surface area (Å²) in [5.74, 6) is 0.952. The second kappa shape index (κ2) is 4.11. The van der Waals surface area contributed by atoms with Gasteiger partial charge in [-0.2, -0.15) is 0 Å². The molecular formula is C18H22O2. The Bertz CT molecular complexity index is 601. The summed E-state index contributed by atoms with van der Waals surface area (Å²) in [6, 6.07) is 5.83. The highest BCUT2D eigenvalue weighted by Gasteiger charge is 2.50. The fourth-order valence-electron chi connectivity index (χ4n) is 4.88. The Kier molecular flexibility index (Phi) is 2.56. The molecule has 3 atom stereocenters. The lowest BCUT2D eigenvalue weighted by Crippen LogP contribution is -2.37. The number of aliphatic hydroxyl groups is 1. The molecule has 2 unspecified atom stereocenters. The molecule has 1 fully saturated rings. The maximum Gasteiger partial charge on any atom is 0.115 e. The second-order valence-corrected chi connectivity index (χ2v) is 7.00. The third kappa shape index (κ3) is 1.54. The van der Waals surface area contributed by atoms with Gasteiger partial charge in [-0.3, -0.25) is 0 Å². The zero-order chi connectivity index (χ0) is 13.9. The molecule has 0 amide bonds. The number of hydrogen-bond acceptors (Lipinski definition) is 2. The smallest absolute Gasteiger partial charge is 0.115 e. The highest BCUT2D eigenvalue weighted by atomic mass is 16.3. The molecule has 4 rings (SSSR count). The van der Waals surface area contributed by atoms with E-state index in [1.165, 1.54) is 16.7 Å². The highest BCUT2D eigenvalue weighted by Crippen LogP contribution is 2.58. The molecular weight excluding hydrogens is 248 g/mol. The van der Waals surface area contributed by atoms with Crippen molar-refractivity contribution in [2.75, 3.05) is 0 Å². The molecule has 1 aromatic carbocycles. The van der Waals surface area contributed by atoms with Crippen LogP contribution in [0.15, 0.2) is 23.8 Å². The summed E-state index contributed by atoms with van der Waals surface area (Å²) in [5, 5.41) is 20.0. The quantitative estimate of drug-likeness (QED) is 0.755. The number of hydrogen-bond donors (Lipinski definition) is 2. The summed E-state index contributed by atoms with van der Waals surface area (Å²) < 4.78 is 0. The molecule has 1 aromatic rings. The third-order valence-electron chi connectivity index (χ3n) is 6.09. The van der Waals surface area contributed by atoms with Crippen LogP contribution in [0.2, 0.25) is 0 Å². The first kappa shape index (κ1) is 12.5. The van der Waals surface area contributed by atoms with Crippen LogP contribution >= 0.6 is 0 Å². The van der Waals surface area contributed by atoms with Crippen molar-refractivity contribution in [2.24, 2.45) is 11.3 Å². The van der Waals surface area contributed by atoms with E-state index in [-0.39, 0.29) is 11.5 Å². The number of aryl methyl sites for hydroxylation is 1. The van der Waals surface area contributed by atoms with E-state index in [4.69, 9.17) is 0 Å². The SMILES string of the molecule is C[C@]12CCC3=C(CCc4cc(O)ccc43)C1CCC2O. The van der Waals surface area contributed by atoms with Crippen molar-refractivity contribution < 1.29 is 10.2 Å². The first-order valence-corrected chi connectivity index (χ1v) is 7.82. The Balaban J connectivity index is 1.83. The molecule has 3 aliphatic carbocycles. The molecule has 0 spiro atoms. The van der Waals surface area contributed by atoms with E-state index in [2.05, 4.69) is 13.0 Å². The molecule has 1 saturated carbocycles. The van der Waals surface area contributed by atoms with Crippen LogP contribution in [-0.4, -0.2) is 16.3 Å². The van der Waals surface area contributed by atoms with Crippen LogP contribution < -0.4 is 0 Å². The molecule has 2 N–H and O–H groups in total. The van der Waals surface area contributed by atoms with Crippen LogP contribution in [0.5, 0.6) is 5.75 Å². The van der Waals surface area contributed by atoms with Gasteiger partial charge in [0.15, 0.2) is 0 Å². The minimum absolute atomic E-state index is 0.104. The summed E-state index contributed by atoms with van der Waals surface area (Å²) in [4.78, 5) is 0. The van der Waals surface area contributed by atoms with Crippen molar-refractivity contribution in [1.82, 2.24) is 0 Å². The number of benzene rings is 1. The standard InChI is InChI=1S/C18H22O2/c1-18-9-8-14-13-5-3-12(19)10-11(13)2-4-15(14)16(18)6-7-17(18)20/h3,5,10,16-17,19-20H,2,4,6-9H2,1H3/t16?,17?,18-/m0/s1. The zero-order valence-electron chi connectivity index (χ0n) is 12.0. The van der Waals surface area contributed by atoms with Gasteiger partial charge in [-0.05, 0) is 73.3 Å². The van der Waals surface area contributed by atoms with Crippen molar-refractivity contribution >= 4 is 5.57 Å². The van der Waals surface area contributed by atoms with E-state index >= 15 is 0 Å². The fourth-order valence-corrected chi connectivity index (χ4v) is 4.88. The van der Waals surface area contributed by atoms with Crippen LogP contribution in [0, 0.1) is 11.3 Å². The van der Waals surface area contributed by atoms with Crippen LogP contribution in [0.3, 0.4) is 0 Å². The number of allylic oxidation sites excluding steroid dienone is 2. The minimum Gasteiger partial charge on any atom is -0.508 e. The molecule has 0 aromatic heterocycles. The lowest BCUT2D eigenvalue weighted by Gasteiger charge is -2.43. The molecule has 2 heteroatoms. The topological polar surface area (TPSA) is 40.5 Å². The summed E-state index contributed by atoms with van der Waals surface area (Å²) in [6.45, 7) is 2.28. The number of phenols is 1. The molecule has 0 saturated heterocycles. The first-order chi connectivity index (χ1) is 9.59. The van der Waals surface area contributed by atoms with Gasteiger partial charge in [-0.25, -0.2) is 0 Å². The minimum atomic E-state index is -0.122. The van der Waals surface area contributed by atoms with Gasteiger partial charge in [0.1, 0.15) is 5.75 Å². The zero-order valence-corrected chi connectivity index (χ0v) is 12.0. The molecule has 2 nitrogen and oxygen atoms in total. The van der Waals surface area contributed by atoms with Crippen molar-refractivity contribution in [3.8, 4) is 5.75 Å². The van der Waals surface area contributed by atoms with Gasteiger partial charge in [0.05, 0.1) is 6.10 Å². The van der Waals surface area contributed by atoms with Crippen LogP contribution in [0.1, 0.15) is 50.2 Å². The van der Waals surface area contributed by atoms with E-state index in [1.807, 2.05) is 12.1 Å². The predicted octanol–water partition coefficient (Wildman–Crippen LogP) is 3.66. The van der Waals surface area contributed by atoms with E-state index in [0.717, 1.165) is 38.5 Å². The third-order valence-corrected chi connectivity index (χ3v) is 6.09. The molecule has 0 bridgehead atoms. The first-order valence-electron chi connectivity index (χ1n) is 7.82. The maximum atomic E-state index is 10.3.